The molecule has 1 atom stereocenters. The molecule has 0 aliphatic rings. The van der Waals surface area contributed by atoms with E-state index in [1.165, 1.54) is 6.26 Å². The first kappa shape index (κ1) is 15.8. The Bertz CT molecular complexity index is 541. The van der Waals surface area contributed by atoms with Crippen LogP contribution >= 0.6 is 23.2 Å². The molecule has 0 amide bonds. The Labute approximate surface area is 118 Å². The molecular formula is C12H17Cl2NO2S. The molecule has 0 saturated carbocycles. The molecule has 3 nitrogen and oxygen atoms in total. The summed E-state index contributed by atoms with van der Waals surface area (Å²) in [5.41, 5.74) is 6.77. The fraction of sp³-hybridized carbons (Fsp3) is 0.500. The van der Waals surface area contributed by atoms with Gasteiger partial charge < -0.3 is 5.73 Å². The van der Waals surface area contributed by atoms with Crippen LogP contribution in [0, 0.1) is 0 Å². The average Bonchev–Trinajstić information content (AvgIpc) is 2.21. The molecule has 0 heterocycles. The molecule has 2 N–H and O–H groups in total. The molecule has 0 spiro atoms. The van der Waals surface area contributed by atoms with Crippen LogP contribution in [0.5, 0.6) is 0 Å². The molecule has 0 radical (unpaired) electrons. The molecule has 6 heteroatoms. The molecule has 0 saturated heterocycles. The second kappa shape index (κ2) is 5.37. The fourth-order valence-corrected chi connectivity index (χ4v) is 2.48. The van der Waals surface area contributed by atoms with Gasteiger partial charge in [-0.3, -0.25) is 0 Å². The molecule has 0 aliphatic heterocycles. The highest BCUT2D eigenvalue weighted by Crippen LogP contribution is 2.26. The Kier molecular flexibility index (Phi) is 4.70. The van der Waals surface area contributed by atoms with Crippen LogP contribution in [-0.4, -0.2) is 25.5 Å². The lowest BCUT2D eigenvalue weighted by atomic mass is 9.96. The van der Waals surface area contributed by atoms with Gasteiger partial charge in [-0.05, 0) is 44.0 Å². The molecule has 0 aromatic heterocycles. The van der Waals surface area contributed by atoms with Crippen molar-refractivity contribution in [2.24, 2.45) is 5.73 Å². The Hall–Kier alpha value is -0.290. The Morgan fingerprint density at radius 3 is 2.39 bits per heavy atom. The van der Waals surface area contributed by atoms with E-state index in [1.807, 2.05) is 0 Å². The summed E-state index contributed by atoms with van der Waals surface area (Å²) in [6, 6.07) is 4.52. The van der Waals surface area contributed by atoms with E-state index >= 15 is 0 Å². The maximum absolute atomic E-state index is 11.7. The van der Waals surface area contributed by atoms with Crippen molar-refractivity contribution in [3.8, 4) is 0 Å². The second-order valence-corrected chi connectivity index (χ2v) is 8.36. The normalized spacial score (nSPS) is 14.6. The summed E-state index contributed by atoms with van der Waals surface area (Å²) in [5.74, 6) is 0. The van der Waals surface area contributed by atoms with Crippen molar-refractivity contribution in [1.82, 2.24) is 0 Å². The SMILES string of the molecule is CC(C)(C(N)Cc1cc(Cl)ccc1Cl)S(C)(=O)=O. The maximum Gasteiger partial charge on any atom is 0.154 e. The Morgan fingerprint density at radius 1 is 1.33 bits per heavy atom. The molecule has 1 aromatic carbocycles. The number of rotatable bonds is 4. The zero-order valence-electron chi connectivity index (χ0n) is 10.6. The zero-order chi connectivity index (χ0) is 14.1. The molecular weight excluding hydrogens is 293 g/mol. The monoisotopic (exact) mass is 309 g/mol. The predicted molar refractivity (Wildman–Crippen MR) is 77.1 cm³/mol. The van der Waals surface area contributed by atoms with Crippen LogP contribution in [0.15, 0.2) is 18.2 Å². The van der Waals surface area contributed by atoms with Gasteiger partial charge in [0.2, 0.25) is 0 Å². The van der Waals surface area contributed by atoms with Gasteiger partial charge in [0.1, 0.15) is 0 Å². The van der Waals surface area contributed by atoms with Crippen molar-refractivity contribution in [1.29, 1.82) is 0 Å². The van der Waals surface area contributed by atoms with E-state index in [4.69, 9.17) is 28.9 Å². The van der Waals surface area contributed by atoms with Crippen molar-refractivity contribution in [3.63, 3.8) is 0 Å². The summed E-state index contributed by atoms with van der Waals surface area (Å²) in [6.45, 7) is 3.23. The third kappa shape index (κ3) is 3.38. The summed E-state index contributed by atoms with van der Waals surface area (Å²) in [5, 5.41) is 1.10. The summed E-state index contributed by atoms with van der Waals surface area (Å²) in [4.78, 5) is 0. The van der Waals surface area contributed by atoms with Crippen LogP contribution in [0.2, 0.25) is 10.0 Å². The lowest BCUT2D eigenvalue weighted by Crippen LogP contribution is -2.50. The lowest BCUT2D eigenvalue weighted by molar-refractivity contribution is 0.482. The molecule has 18 heavy (non-hydrogen) atoms. The minimum atomic E-state index is -3.25. The highest BCUT2D eigenvalue weighted by atomic mass is 35.5. The van der Waals surface area contributed by atoms with Gasteiger partial charge in [0.05, 0.1) is 4.75 Å². The average molecular weight is 310 g/mol. The predicted octanol–water partition coefficient (Wildman–Crippen LogP) is 2.69. The van der Waals surface area contributed by atoms with Crippen molar-refractivity contribution < 1.29 is 8.42 Å². The second-order valence-electron chi connectivity index (χ2n) is 4.92. The molecule has 1 unspecified atom stereocenters. The summed E-state index contributed by atoms with van der Waals surface area (Å²) in [7, 11) is -3.25. The van der Waals surface area contributed by atoms with Crippen LogP contribution in [0.1, 0.15) is 19.4 Å². The van der Waals surface area contributed by atoms with Gasteiger partial charge in [-0.2, -0.15) is 0 Å². The van der Waals surface area contributed by atoms with Gasteiger partial charge in [-0.15, -0.1) is 0 Å². The maximum atomic E-state index is 11.7. The lowest BCUT2D eigenvalue weighted by Gasteiger charge is -2.30. The number of nitrogens with two attached hydrogens (primary N) is 1. The summed E-state index contributed by atoms with van der Waals surface area (Å²) >= 11 is 11.9. The van der Waals surface area contributed by atoms with E-state index in [-0.39, 0.29) is 0 Å². The van der Waals surface area contributed by atoms with Crippen molar-refractivity contribution in [2.75, 3.05) is 6.26 Å². The van der Waals surface area contributed by atoms with Crippen molar-refractivity contribution in [2.45, 2.75) is 31.1 Å². The minimum Gasteiger partial charge on any atom is -0.326 e. The van der Waals surface area contributed by atoms with Gasteiger partial charge in [-0.1, -0.05) is 23.2 Å². The van der Waals surface area contributed by atoms with E-state index in [0.717, 1.165) is 5.56 Å². The molecule has 0 bridgehead atoms. The van der Waals surface area contributed by atoms with Gasteiger partial charge in [0, 0.05) is 22.3 Å². The fourth-order valence-electron chi connectivity index (χ4n) is 1.46. The first-order valence-electron chi connectivity index (χ1n) is 5.45. The van der Waals surface area contributed by atoms with Crippen molar-refractivity contribution >= 4 is 33.0 Å². The topological polar surface area (TPSA) is 60.2 Å². The highest BCUT2D eigenvalue weighted by Gasteiger charge is 2.36. The van der Waals surface area contributed by atoms with Crippen LogP contribution in [-0.2, 0) is 16.3 Å². The highest BCUT2D eigenvalue weighted by molar-refractivity contribution is 7.92. The van der Waals surface area contributed by atoms with Gasteiger partial charge in [-0.25, -0.2) is 8.42 Å². The minimum absolute atomic E-state index is 0.361. The van der Waals surface area contributed by atoms with Crippen LogP contribution < -0.4 is 5.73 Å². The van der Waals surface area contributed by atoms with Gasteiger partial charge >= 0.3 is 0 Å². The third-order valence-corrected chi connectivity index (χ3v) is 6.11. The Morgan fingerprint density at radius 2 is 1.89 bits per heavy atom. The van der Waals surface area contributed by atoms with E-state index in [2.05, 4.69) is 0 Å². The first-order valence-corrected chi connectivity index (χ1v) is 8.09. The Balaban J connectivity index is 3.02. The van der Waals surface area contributed by atoms with E-state index in [0.29, 0.717) is 16.5 Å². The quantitative estimate of drug-likeness (QED) is 0.930. The molecule has 1 aromatic rings. The largest absolute Gasteiger partial charge is 0.326 e. The first-order chi connectivity index (χ1) is 8.05. The third-order valence-electron chi connectivity index (χ3n) is 3.30. The van der Waals surface area contributed by atoms with Crippen molar-refractivity contribution in [3.05, 3.63) is 33.8 Å². The van der Waals surface area contributed by atoms with Crippen LogP contribution in [0.3, 0.4) is 0 Å². The van der Waals surface area contributed by atoms with E-state index < -0.39 is 20.6 Å². The van der Waals surface area contributed by atoms with Gasteiger partial charge in [0.15, 0.2) is 9.84 Å². The number of benzene rings is 1. The number of halogens is 2. The standard InChI is InChI=1S/C12H17Cl2NO2S/c1-12(2,18(3,16)17)11(15)7-8-6-9(13)4-5-10(8)14/h4-6,11H,7,15H2,1-3H3. The van der Waals surface area contributed by atoms with E-state index in [1.54, 1.807) is 32.0 Å². The number of hydrogen-bond donors (Lipinski definition) is 1. The molecule has 102 valence electrons. The number of hydrogen-bond acceptors (Lipinski definition) is 3. The summed E-state index contributed by atoms with van der Waals surface area (Å²) in [6.07, 6.45) is 1.55. The smallest absolute Gasteiger partial charge is 0.154 e. The molecule has 0 fully saturated rings. The molecule has 1 rings (SSSR count). The zero-order valence-corrected chi connectivity index (χ0v) is 12.9. The number of sulfone groups is 1. The van der Waals surface area contributed by atoms with Gasteiger partial charge in [0.25, 0.3) is 0 Å². The molecule has 0 aliphatic carbocycles. The van der Waals surface area contributed by atoms with Crippen LogP contribution in [0.4, 0.5) is 0 Å². The summed E-state index contributed by atoms with van der Waals surface area (Å²) < 4.78 is 22.4. The van der Waals surface area contributed by atoms with Crippen LogP contribution in [0.25, 0.3) is 0 Å². The van der Waals surface area contributed by atoms with E-state index in [9.17, 15) is 8.42 Å².